The molecule has 2 rings (SSSR count). The Kier molecular flexibility index (Phi) is 8.30. The van der Waals surface area contributed by atoms with Gasteiger partial charge in [-0.1, -0.05) is 26.2 Å². The lowest BCUT2D eigenvalue weighted by molar-refractivity contribution is -0.152. The van der Waals surface area contributed by atoms with E-state index >= 15 is 0 Å². The Hall–Kier alpha value is -2.37. The van der Waals surface area contributed by atoms with E-state index < -0.39 is 0 Å². The maximum atomic E-state index is 12.2. The molecule has 1 aliphatic carbocycles. The molecule has 1 aromatic carbocycles. The molecule has 1 aromatic rings. The molecule has 1 aliphatic rings. The van der Waals surface area contributed by atoms with Crippen LogP contribution in [0.3, 0.4) is 0 Å². The predicted octanol–water partition coefficient (Wildman–Crippen LogP) is 3.52. The lowest BCUT2D eigenvalue weighted by Gasteiger charge is -2.27. The van der Waals surface area contributed by atoms with Crippen LogP contribution in [0, 0.1) is 11.8 Å². The van der Waals surface area contributed by atoms with Crippen molar-refractivity contribution in [3.8, 4) is 0 Å². The zero-order chi connectivity index (χ0) is 19.6. The van der Waals surface area contributed by atoms with Crippen LogP contribution in [0.1, 0.15) is 62.2 Å². The second-order valence-corrected chi connectivity index (χ2v) is 7.17. The van der Waals surface area contributed by atoms with Gasteiger partial charge in [0.05, 0.1) is 5.92 Å². The van der Waals surface area contributed by atoms with Gasteiger partial charge in [0, 0.05) is 18.3 Å². The van der Waals surface area contributed by atoms with Crippen LogP contribution in [0.5, 0.6) is 0 Å². The molecule has 0 radical (unpaired) electrons. The molecule has 1 saturated carbocycles. The summed E-state index contributed by atoms with van der Waals surface area (Å²) in [5.74, 6) is -0.189. The van der Waals surface area contributed by atoms with Gasteiger partial charge in [-0.25, -0.2) is 0 Å². The van der Waals surface area contributed by atoms with Crippen LogP contribution in [-0.4, -0.2) is 31.4 Å². The van der Waals surface area contributed by atoms with Crippen LogP contribution in [-0.2, 0) is 14.3 Å². The molecular weight excluding hydrogens is 344 g/mol. The van der Waals surface area contributed by atoms with Gasteiger partial charge in [0.1, 0.15) is 0 Å². The van der Waals surface area contributed by atoms with Crippen molar-refractivity contribution in [3.05, 3.63) is 29.8 Å². The van der Waals surface area contributed by atoms with Crippen LogP contribution < -0.4 is 10.6 Å². The number of benzene rings is 1. The van der Waals surface area contributed by atoms with E-state index in [9.17, 15) is 14.4 Å². The fourth-order valence-corrected chi connectivity index (χ4v) is 3.48. The molecule has 6 nitrogen and oxygen atoms in total. The molecule has 0 bridgehead atoms. The third kappa shape index (κ3) is 6.70. The monoisotopic (exact) mass is 374 g/mol. The number of anilines is 1. The third-order valence-electron chi connectivity index (χ3n) is 5.15. The van der Waals surface area contributed by atoms with Crippen LogP contribution in [0.4, 0.5) is 5.69 Å². The van der Waals surface area contributed by atoms with Gasteiger partial charge in [0.25, 0.3) is 11.8 Å². The number of carbonyl (C=O) groups excluding carboxylic acids is 3. The number of ether oxygens (including phenoxy) is 1. The van der Waals surface area contributed by atoms with Gasteiger partial charge in [-0.15, -0.1) is 0 Å². The van der Waals surface area contributed by atoms with E-state index in [-0.39, 0.29) is 30.3 Å². The number of esters is 1. The lowest BCUT2D eigenvalue weighted by atomic mass is 9.80. The largest absolute Gasteiger partial charge is 0.455 e. The summed E-state index contributed by atoms with van der Waals surface area (Å²) in [4.78, 5) is 35.6. The van der Waals surface area contributed by atoms with Crippen LogP contribution in [0.25, 0.3) is 0 Å². The fraction of sp³-hybridized carbons (Fsp3) is 0.571. The standard InChI is InChI=1S/C21H30N2O4/c1-3-4-5-15-6-8-17(9-7-15)21(26)27-14-19(24)23-18-12-10-16(11-13-18)20(25)22-2/h10-13,15,17H,3-9,14H2,1-2H3,(H,22,25)(H,23,24). The number of nitrogens with one attached hydrogen (secondary N) is 2. The minimum atomic E-state index is -0.382. The summed E-state index contributed by atoms with van der Waals surface area (Å²) in [6.07, 6.45) is 7.58. The quantitative estimate of drug-likeness (QED) is 0.682. The summed E-state index contributed by atoms with van der Waals surface area (Å²) in [7, 11) is 1.56. The van der Waals surface area contributed by atoms with Gasteiger partial charge in [-0.2, -0.15) is 0 Å². The highest BCUT2D eigenvalue weighted by Crippen LogP contribution is 2.32. The summed E-state index contributed by atoms with van der Waals surface area (Å²) in [5, 5.41) is 5.20. The van der Waals surface area contributed by atoms with Gasteiger partial charge < -0.3 is 15.4 Å². The van der Waals surface area contributed by atoms with E-state index in [0.717, 1.165) is 31.6 Å². The molecule has 1 fully saturated rings. The van der Waals surface area contributed by atoms with Crippen LogP contribution >= 0.6 is 0 Å². The average molecular weight is 374 g/mol. The van der Waals surface area contributed by atoms with Gasteiger partial charge >= 0.3 is 5.97 Å². The average Bonchev–Trinajstić information content (AvgIpc) is 2.70. The normalized spacial score (nSPS) is 19.2. The van der Waals surface area contributed by atoms with E-state index in [1.54, 1.807) is 31.3 Å². The summed E-state index contributed by atoms with van der Waals surface area (Å²) < 4.78 is 5.20. The number of carbonyl (C=O) groups is 3. The highest BCUT2D eigenvalue weighted by molar-refractivity contribution is 5.96. The van der Waals surface area contributed by atoms with Crippen molar-refractivity contribution in [3.63, 3.8) is 0 Å². The molecule has 0 heterocycles. The second-order valence-electron chi connectivity index (χ2n) is 7.17. The fourth-order valence-electron chi connectivity index (χ4n) is 3.48. The summed E-state index contributed by atoms with van der Waals surface area (Å²) in [6, 6.07) is 6.53. The Labute approximate surface area is 161 Å². The van der Waals surface area contributed by atoms with Crippen molar-refractivity contribution >= 4 is 23.5 Å². The van der Waals surface area contributed by atoms with Gasteiger partial charge in [-0.3, -0.25) is 14.4 Å². The summed E-state index contributed by atoms with van der Waals surface area (Å²) in [6.45, 7) is 1.91. The first kappa shape index (κ1) is 20.9. The molecule has 27 heavy (non-hydrogen) atoms. The smallest absolute Gasteiger partial charge is 0.309 e. The Morgan fingerprint density at radius 1 is 1.07 bits per heavy atom. The molecule has 2 N–H and O–H groups in total. The molecule has 0 atom stereocenters. The molecule has 0 unspecified atom stereocenters. The van der Waals surface area contributed by atoms with Crippen molar-refractivity contribution < 1.29 is 19.1 Å². The summed E-state index contributed by atoms with van der Waals surface area (Å²) in [5.41, 5.74) is 1.07. The van der Waals surface area contributed by atoms with Crippen molar-refractivity contribution in [1.82, 2.24) is 5.32 Å². The van der Waals surface area contributed by atoms with Crippen molar-refractivity contribution in [1.29, 1.82) is 0 Å². The number of rotatable bonds is 8. The van der Waals surface area contributed by atoms with Crippen molar-refractivity contribution in [2.45, 2.75) is 51.9 Å². The maximum Gasteiger partial charge on any atom is 0.309 e. The number of unbranched alkanes of at least 4 members (excludes halogenated alkanes) is 1. The zero-order valence-electron chi connectivity index (χ0n) is 16.3. The number of hydrogen-bond acceptors (Lipinski definition) is 4. The van der Waals surface area contributed by atoms with Crippen LogP contribution in [0.15, 0.2) is 24.3 Å². The van der Waals surface area contributed by atoms with Gasteiger partial charge in [0.15, 0.2) is 6.61 Å². The maximum absolute atomic E-state index is 12.2. The van der Waals surface area contributed by atoms with E-state index in [1.165, 1.54) is 19.3 Å². The Morgan fingerprint density at radius 3 is 2.33 bits per heavy atom. The van der Waals surface area contributed by atoms with E-state index in [1.807, 2.05) is 0 Å². The minimum absolute atomic E-state index is 0.0810. The molecule has 2 amide bonds. The number of hydrogen-bond donors (Lipinski definition) is 2. The first-order valence-electron chi connectivity index (χ1n) is 9.82. The van der Waals surface area contributed by atoms with Gasteiger partial charge in [-0.05, 0) is 55.9 Å². The second kappa shape index (κ2) is 10.7. The van der Waals surface area contributed by atoms with Crippen LogP contribution in [0.2, 0.25) is 0 Å². The molecule has 0 spiro atoms. The predicted molar refractivity (Wildman–Crippen MR) is 104 cm³/mol. The highest BCUT2D eigenvalue weighted by Gasteiger charge is 2.27. The third-order valence-corrected chi connectivity index (χ3v) is 5.15. The first-order chi connectivity index (χ1) is 13.0. The van der Waals surface area contributed by atoms with Crippen molar-refractivity contribution in [2.75, 3.05) is 19.0 Å². The zero-order valence-corrected chi connectivity index (χ0v) is 16.3. The van der Waals surface area contributed by atoms with E-state index in [2.05, 4.69) is 17.6 Å². The Bertz CT molecular complexity index is 634. The Morgan fingerprint density at radius 2 is 1.74 bits per heavy atom. The molecule has 0 aromatic heterocycles. The summed E-state index contributed by atoms with van der Waals surface area (Å²) >= 11 is 0. The lowest BCUT2D eigenvalue weighted by Crippen LogP contribution is -2.27. The molecular formula is C21H30N2O4. The topological polar surface area (TPSA) is 84.5 Å². The SMILES string of the molecule is CCCCC1CCC(C(=O)OCC(=O)Nc2ccc(C(=O)NC)cc2)CC1. The van der Waals surface area contributed by atoms with E-state index in [0.29, 0.717) is 11.3 Å². The van der Waals surface area contributed by atoms with Crippen molar-refractivity contribution in [2.24, 2.45) is 11.8 Å². The van der Waals surface area contributed by atoms with E-state index in [4.69, 9.17) is 4.74 Å². The first-order valence-corrected chi connectivity index (χ1v) is 9.82. The molecule has 0 saturated heterocycles. The highest BCUT2D eigenvalue weighted by atomic mass is 16.5. The molecule has 148 valence electrons. The molecule has 6 heteroatoms. The molecule has 0 aliphatic heterocycles. The van der Waals surface area contributed by atoms with Gasteiger partial charge in [0.2, 0.25) is 0 Å². The Balaban J connectivity index is 1.71. The number of amides is 2. The minimum Gasteiger partial charge on any atom is -0.455 e.